The number of hydrogen-bond donors (Lipinski definition) is 1. The van der Waals surface area contributed by atoms with Gasteiger partial charge < -0.3 is 10.6 Å². The van der Waals surface area contributed by atoms with E-state index in [1.54, 1.807) is 6.07 Å². The Morgan fingerprint density at radius 3 is 2.45 bits per heavy atom. The predicted octanol–water partition coefficient (Wildman–Crippen LogP) is 4.14. The molecule has 0 unspecified atom stereocenters. The molecule has 20 heavy (non-hydrogen) atoms. The van der Waals surface area contributed by atoms with E-state index in [2.05, 4.69) is 4.90 Å². The Balaban J connectivity index is 2.24. The number of halogens is 2. The molecule has 2 rings (SSSR count). The van der Waals surface area contributed by atoms with Crippen molar-refractivity contribution in [1.82, 2.24) is 0 Å². The maximum atomic E-state index is 13.4. The van der Waals surface area contributed by atoms with Crippen LogP contribution in [0.1, 0.15) is 24.1 Å². The van der Waals surface area contributed by atoms with Crippen LogP contribution in [0.5, 0.6) is 0 Å². The van der Waals surface area contributed by atoms with Gasteiger partial charge in [0.1, 0.15) is 5.82 Å². The largest absolute Gasteiger partial charge is 0.370 e. The highest BCUT2D eigenvalue weighted by atomic mass is 35.5. The third-order valence-electron chi connectivity index (χ3n) is 3.22. The first-order valence-electron chi connectivity index (χ1n) is 6.48. The lowest BCUT2D eigenvalue weighted by molar-refractivity contribution is 0.622. The zero-order valence-corrected chi connectivity index (χ0v) is 12.4. The van der Waals surface area contributed by atoms with Crippen molar-refractivity contribution < 1.29 is 4.39 Å². The Hall–Kier alpha value is -1.58. The van der Waals surface area contributed by atoms with E-state index in [4.69, 9.17) is 17.3 Å². The number of hydrogen-bond acceptors (Lipinski definition) is 2. The Labute approximate surface area is 124 Å². The highest BCUT2D eigenvalue weighted by molar-refractivity contribution is 6.30. The molecule has 106 valence electrons. The Bertz CT molecular complexity index is 582. The summed E-state index contributed by atoms with van der Waals surface area (Å²) in [5.74, 6) is -0.263. The summed E-state index contributed by atoms with van der Waals surface area (Å²) in [7, 11) is 1.97. The first kappa shape index (κ1) is 14.8. The van der Waals surface area contributed by atoms with Crippen molar-refractivity contribution in [1.29, 1.82) is 0 Å². The quantitative estimate of drug-likeness (QED) is 0.918. The van der Waals surface area contributed by atoms with Crippen molar-refractivity contribution >= 4 is 17.3 Å². The normalized spacial score (nSPS) is 12.2. The van der Waals surface area contributed by atoms with Gasteiger partial charge in [-0.3, -0.25) is 0 Å². The van der Waals surface area contributed by atoms with Gasteiger partial charge in [-0.15, -0.1) is 0 Å². The van der Waals surface area contributed by atoms with Gasteiger partial charge >= 0.3 is 0 Å². The van der Waals surface area contributed by atoms with Crippen LogP contribution in [0.4, 0.5) is 10.1 Å². The van der Waals surface area contributed by atoms with Crippen LogP contribution < -0.4 is 10.6 Å². The van der Waals surface area contributed by atoms with Crippen molar-refractivity contribution in [2.45, 2.75) is 19.5 Å². The van der Waals surface area contributed by atoms with Crippen molar-refractivity contribution in [3.05, 3.63) is 64.4 Å². The molecule has 0 aliphatic heterocycles. The number of nitrogens with two attached hydrogens (primary N) is 1. The first-order valence-corrected chi connectivity index (χ1v) is 6.86. The summed E-state index contributed by atoms with van der Waals surface area (Å²) in [6.07, 6.45) is 0. The van der Waals surface area contributed by atoms with Gasteiger partial charge in [-0.2, -0.15) is 0 Å². The molecular formula is C16H18ClFN2. The average Bonchev–Trinajstić information content (AvgIpc) is 2.41. The zero-order chi connectivity index (χ0) is 14.7. The van der Waals surface area contributed by atoms with E-state index in [0.717, 1.165) is 21.8 Å². The molecule has 0 aliphatic carbocycles. The summed E-state index contributed by atoms with van der Waals surface area (Å²) in [4.78, 5) is 2.06. The van der Waals surface area contributed by atoms with Crippen LogP contribution in [0.25, 0.3) is 0 Å². The molecule has 0 heterocycles. The zero-order valence-electron chi connectivity index (χ0n) is 11.6. The third kappa shape index (κ3) is 3.50. The number of benzene rings is 2. The van der Waals surface area contributed by atoms with E-state index >= 15 is 0 Å². The molecule has 0 radical (unpaired) electrons. The van der Waals surface area contributed by atoms with Crippen LogP contribution in [0.3, 0.4) is 0 Å². The van der Waals surface area contributed by atoms with Crippen molar-refractivity contribution in [3.63, 3.8) is 0 Å². The van der Waals surface area contributed by atoms with Crippen LogP contribution in [0.15, 0.2) is 42.5 Å². The SMILES string of the molecule is C[C@H](N)c1cc(F)ccc1N(C)Cc1ccc(Cl)cc1. The minimum absolute atomic E-state index is 0.214. The summed E-state index contributed by atoms with van der Waals surface area (Å²) >= 11 is 5.88. The van der Waals surface area contributed by atoms with E-state index in [1.165, 1.54) is 12.1 Å². The van der Waals surface area contributed by atoms with Crippen LogP contribution in [-0.4, -0.2) is 7.05 Å². The second-order valence-corrected chi connectivity index (χ2v) is 5.41. The summed E-state index contributed by atoms with van der Waals surface area (Å²) in [6.45, 7) is 2.57. The summed E-state index contributed by atoms with van der Waals surface area (Å²) in [5.41, 5.74) is 8.81. The molecule has 2 nitrogen and oxygen atoms in total. The van der Waals surface area contributed by atoms with E-state index in [1.807, 2.05) is 38.2 Å². The molecule has 2 aromatic rings. The van der Waals surface area contributed by atoms with E-state index < -0.39 is 0 Å². The minimum atomic E-state index is -0.263. The van der Waals surface area contributed by atoms with Gasteiger partial charge in [0.15, 0.2) is 0 Å². The number of rotatable bonds is 4. The predicted molar refractivity (Wildman–Crippen MR) is 82.6 cm³/mol. The fourth-order valence-corrected chi connectivity index (χ4v) is 2.31. The van der Waals surface area contributed by atoms with Crippen LogP contribution in [0.2, 0.25) is 5.02 Å². The van der Waals surface area contributed by atoms with Gasteiger partial charge in [-0.25, -0.2) is 4.39 Å². The Kier molecular flexibility index (Phi) is 4.63. The molecule has 0 saturated carbocycles. The summed E-state index contributed by atoms with van der Waals surface area (Å²) in [5, 5.41) is 0.717. The van der Waals surface area contributed by atoms with Crippen molar-refractivity contribution in [2.24, 2.45) is 5.73 Å². The second kappa shape index (κ2) is 6.25. The summed E-state index contributed by atoms with van der Waals surface area (Å²) < 4.78 is 13.4. The molecule has 0 aromatic heterocycles. The highest BCUT2D eigenvalue weighted by Gasteiger charge is 2.12. The lowest BCUT2D eigenvalue weighted by Gasteiger charge is -2.24. The van der Waals surface area contributed by atoms with Gasteiger partial charge in [0.05, 0.1) is 0 Å². The molecule has 0 spiro atoms. The van der Waals surface area contributed by atoms with Gasteiger partial charge in [-0.05, 0) is 48.4 Å². The maximum Gasteiger partial charge on any atom is 0.123 e. The topological polar surface area (TPSA) is 29.3 Å². The van der Waals surface area contributed by atoms with Gasteiger partial charge in [0, 0.05) is 30.3 Å². The standard InChI is InChI=1S/C16H18ClFN2/c1-11(19)15-9-14(18)7-8-16(15)20(2)10-12-3-5-13(17)6-4-12/h3-9,11H,10,19H2,1-2H3/t11-/m0/s1. The molecule has 0 fully saturated rings. The molecule has 0 amide bonds. The molecule has 4 heteroatoms. The Morgan fingerprint density at radius 1 is 1.20 bits per heavy atom. The van der Waals surface area contributed by atoms with E-state index in [0.29, 0.717) is 6.54 Å². The molecule has 0 saturated heterocycles. The average molecular weight is 293 g/mol. The molecule has 2 aromatic carbocycles. The van der Waals surface area contributed by atoms with Crippen molar-refractivity contribution in [2.75, 3.05) is 11.9 Å². The second-order valence-electron chi connectivity index (χ2n) is 4.97. The summed E-state index contributed by atoms with van der Waals surface area (Å²) in [6, 6.07) is 12.2. The monoisotopic (exact) mass is 292 g/mol. The van der Waals surface area contributed by atoms with E-state index in [9.17, 15) is 4.39 Å². The highest BCUT2D eigenvalue weighted by Crippen LogP contribution is 2.26. The van der Waals surface area contributed by atoms with Gasteiger partial charge in [-0.1, -0.05) is 23.7 Å². The van der Waals surface area contributed by atoms with Crippen LogP contribution >= 0.6 is 11.6 Å². The van der Waals surface area contributed by atoms with Crippen LogP contribution in [0, 0.1) is 5.82 Å². The minimum Gasteiger partial charge on any atom is -0.370 e. The smallest absolute Gasteiger partial charge is 0.123 e. The fourth-order valence-electron chi connectivity index (χ4n) is 2.19. The third-order valence-corrected chi connectivity index (χ3v) is 3.48. The van der Waals surface area contributed by atoms with E-state index in [-0.39, 0.29) is 11.9 Å². The van der Waals surface area contributed by atoms with Gasteiger partial charge in [0.25, 0.3) is 0 Å². The lowest BCUT2D eigenvalue weighted by atomic mass is 10.1. The molecule has 2 N–H and O–H groups in total. The lowest BCUT2D eigenvalue weighted by Crippen LogP contribution is -2.20. The number of nitrogens with zero attached hydrogens (tertiary/aromatic N) is 1. The van der Waals surface area contributed by atoms with Crippen LogP contribution in [-0.2, 0) is 6.54 Å². The van der Waals surface area contributed by atoms with Gasteiger partial charge in [0.2, 0.25) is 0 Å². The molecule has 1 atom stereocenters. The Morgan fingerprint density at radius 2 is 1.85 bits per heavy atom. The maximum absolute atomic E-state index is 13.4. The molecule has 0 bridgehead atoms. The molecule has 0 aliphatic rings. The fraction of sp³-hybridized carbons (Fsp3) is 0.250. The van der Waals surface area contributed by atoms with Crippen molar-refractivity contribution in [3.8, 4) is 0 Å². The number of anilines is 1. The molecular weight excluding hydrogens is 275 g/mol. The first-order chi connectivity index (χ1) is 9.47.